The van der Waals surface area contributed by atoms with Crippen molar-refractivity contribution < 1.29 is 4.74 Å². The highest BCUT2D eigenvalue weighted by atomic mass is 16.5. The number of benzene rings is 2. The van der Waals surface area contributed by atoms with Crippen LogP contribution in [0, 0.1) is 0 Å². The highest BCUT2D eigenvalue weighted by Gasteiger charge is 2.10. The van der Waals surface area contributed by atoms with Gasteiger partial charge in [0.25, 0.3) is 5.56 Å². The molecule has 0 saturated carbocycles. The number of aromatic nitrogens is 4. The molecule has 1 N–H and O–H groups in total. The van der Waals surface area contributed by atoms with Crippen molar-refractivity contribution in [1.82, 2.24) is 19.5 Å². The Bertz CT molecular complexity index is 1230. The third-order valence-corrected chi connectivity index (χ3v) is 4.42. The zero-order chi connectivity index (χ0) is 20.1. The largest absolute Gasteiger partial charge is 0.385 e. The molecular weight excluding hydrogens is 368 g/mol. The summed E-state index contributed by atoms with van der Waals surface area (Å²) in [5, 5.41) is 4.79. The molecule has 0 aliphatic carbocycles. The molecule has 0 atom stereocenters. The number of fused-ring (bicyclic) bond motifs is 2. The number of para-hydroxylation sites is 3. The zero-order valence-corrected chi connectivity index (χ0v) is 15.9. The first-order valence-corrected chi connectivity index (χ1v) is 9.25. The molecule has 0 spiro atoms. The van der Waals surface area contributed by atoms with Crippen molar-refractivity contribution in [2.24, 2.45) is 5.10 Å². The molecule has 0 bridgehead atoms. The van der Waals surface area contributed by atoms with Gasteiger partial charge in [0.2, 0.25) is 5.95 Å². The van der Waals surface area contributed by atoms with E-state index < -0.39 is 0 Å². The lowest BCUT2D eigenvalue weighted by molar-refractivity contribution is 0.190. The van der Waals surface area contributed by atoms with Gasteiger partial charge in [-0.05, 0) is 30.7 Å². The number of rotatable bonds is 7. The standard InChI is InChI=1S/C21H20N6O2/c1-29-12-6-11-27-20(28)16-7-2-3-8-17(16)25-21(27)26-23-14-15-13-22-18-9-4-5-10-19(18)24-15/h2-5,7-10,13-14H,6,11-12H2,1H3,(H,25,26)/b23-14-. The quantitative estimate of drug-likeness (QED) is 0.297. The molecule has 146 valence electrons. The van der Waals surface area contributed by atoms with Crippen LogP contribution in [0.3, 0.4) is 0 Å². The van der Waals surface area contributed by atoms with Crippen molar-refractivity contribution in [3.8, 4) is 0 Å². The van der Waals surface area contributed by atoms with Crippen molar-refractivity contribution in [2.75, 3.05) is 19.1 Å². The number of hydrogen-bond acceptors (Lipinski definition) is 7. The van der Waals surface area contributed by atoms with Crippen LogP contribution in [0.5, 0.6) is 0 Å². The van der Waals surface area contributed by atoms with E-state index in [1.165, 1.54) is 0 Å². The normalized spacial score (nSPS) is 11.5. The Morgan fingerprint density at radius 1 is 1.07 bits per heavy atom. The van der Waals surface area contributed by atoms with Crippen molar-refractivity contribution in [3.05, 3.63) is 70.8 Å². The molecule has 2 aromatic heterocycles. The van der Waals surface area contributed by atoms with E-state index in [1.54, 1.807) is 36.2 Å². The Morgan fingerprint density at radius 3 is 2.66 bits per heavy atom. The van der Waals surface area contributed by atoms with E-state index in [2.05, 4.69) is 25.5 Å². The Balaban J connectivity index is 1.63. The van der Waals surface area contributed by atoms with Gasteiger partial charge < -0.3 is 4.74 Å². The summed E-state index contributed by atoms with van der Waals surface area (Å²) in [6.07, 6.45) is 3.89. The van der Waals surface area contributed by atoms with Crippen LogP contribution in [0.1, 0.15) is 12.1 Å². The SMILES string of the molecule is COCCCn1c(N/N=C\c2cnc3ccccc3n2)nc2ccccc2c1=O. The summed E-state index contributed by atoms with van der Waals surface area (Å²) in [6.45, 7) is 1.02. The van der Waals surface area contributed by atoms with E-state index >= 15 is 0 Å². The molecule has 0 radical (unpaired) electrons. The minimum atomic E-state index is -0.116. The Morgan fingerprint density at radius 2 is 1.83 bits per heavy atom. The van der Waals surface area contributed by atoms with Gasteiger partial charge in [-0.1, -0.05) is 24.3 Å². The summed E-state index contributed by atoms with van der Waals surface area (Å²) in [5.41, 5.74) is 5.59. The maximum absolute atomic E-state index is 12.9. The second-order valence-corrected chi connectivity index (χ2v) is 6.41. The molecule has 8 heteroatoms. The van der Waals surface area contributed by atoms with Gasteiger partial charge in [-0.15, -0.1) is 0 Å². The molecule has 0 unspecified atom stereocenters. The number of methoxy groups -OCH3 is 1. The van der Waals surface area contributed by atoms with E-state index in [4.69, 9.17) is 4.74 Å². The first kappa shape index (κ1) is 18.7. The Hall–Kier alpha value is -3.65. The van der Waals surface area contributed by atoms with Crippen LogP contribution in [0.25, 0.3) is 21.9 Å². The highest BCUT2D eigenvalue weighted by molar-refractivity contribution is 5.82. The predicted octanol–water partition coefficient (Wildman–Crippen LogP) is 2.82. The molecule has 8 nitrogen and oxygen atoms in total. The first-order valence-electron chi connectivity index (χ1n) is 9.25. The van der Waals surface area contributed by atoms with E-state index in [1.807, 2.05) is 36.4 Å². The van der Waals surface area contributed by atoms with Crippen LogP contribution < -0.4 is 11.0 Å². The van der Waals surface area contributed by atoms with E-state index in [9.17, 15) is 4.79 Å². The van der Waals surface area contributed by atoms with Crippen LogP contribution >= 0.6 is 0 Å². The van der Waals surface area contributed by atoms with Gasteiger partial charge in [-0.2, -0.15) is 5.10 Å². The number of nitrogens with one attached hydrogen (secondary N) is 1. The van der Waals surface area contributed by atoms with Gasteiger partial charge in [-0.25, -0.2) is 15.4 Å². The van der Waals surface area contributed by atoms with Gasteiger partial charge in [0.05, 0.1) is 34.3 Å². The molecule has 2 aromatic carbocycles. The minimum absolute atomic E-state index is 0.116. The van der Waals surface area contributed by atoms with Crippen molar-refractivity contribution in [3.63, 3.8) is 0 Å². The molecule has 0 amide bonds. The minimum Gasteiger partial charge on any atom is -0.385 e. The van der Waals surface area contributed by atoms with E-state index in [0.29, 0.717) is 42.1 Å². The Kier molecular flexibility index (Phi) is 5.53. The van der Waals surface area contributed by atoms with E-state index in [0.717, 1.165) is 11.0 Å². The number of hydrazone groups is 1. The topological polar surface area (TPSA) is 94.3 Å². The first-order chi connectivity index (χ1) is 14.3. The van der Waals surface area contributed by atoms with Crippen LogP contribution in [0.2, 0.25) is 0 Å². The monoisotopic (exact) mass is 388 g/mol. The lowest BCUT2D eigenvalue weighted by Crippen LogP contribution is -2.25. The second kappa shape index (κ2) is 8.57. The van der Waals surface area contributed by atoms with Crippen molar-refractivity contribution in [2.45, 2.75) is 13.0 Å². The fourth-order valence-corrected chi connectivity index (χ4v) is 3.02. The summed E-state index contributed by atoms with van der Waals surface area (Å²) in [6, 6.07) is 14.9. The maximum Gasteiger partial charge on any atom is 0.262 e. The lowest BCUT2D eigenvalue weighted by Gasteiger charge is -2.12. The molecule has 4 aromatic rings. The lowest BCUT2D eigenvalue weighted by atomic mass is 10.2. The van der Waals surface area contributed by atoms with Gasteiger partial charge in [0, 0.05) is 20.3 Å². The van der Waals surface area contributed by atoms with Crippen LogP contribution in [0.15, 0.2) is 64.6 Å². The molecule has 4 rings (SSSR count). The van der Waals surface area contributed by atoms with Gasteiger partial charge in [-0.3, -0.25) is 14.3 Å². The average Bonchev–Trinajstić information content (AvgIpc) is 2.76. The second-order valence-electron chi connectivity index (χ2n) is 6.41. The summed E-state index contributed by atoms with van der Waals surface area (Å²) in [5.74, 6) is 0.370. The third kappa shape index (κ3) is 4.12. The molecule has 0 fully saturated rings. The molecule has 0 aliphatic heterocycles. The van der Waals surface area contributed by atoms with Crippen LogP contribution in [-0.4, -0.2) is 39.5 Å². The van der Waals surface area contributed by atoms with Crippen molar-refractivity contribution >= 4 is 34.1 Å². The molecular formula is C21H20N6O2. The van der Waals surface area contributed by atoms with Gasteiger partial charge >= 0.3 is 0 Å². The molecule has 0 saturated heterocycles. The fourth-order valence-electron chi connectivity index (χ4n) is 3.02. The Labute approximate surface area is 166 Å². The predicted molar refractivity (Wildman–Crippen MR) is 113 cm³/mol. The molecule has 2 heterocycles. The van der Waals surface area contributed by atoms with Crippen LogP contribution in [0.4, 0.5) is 5.95 Å². The summed E-state index contributed by atoms with van der Waals surface area (Å²) < 4.78 is 6.68. The van der Waals surface area contributed by atoms with Gasteiger partial charge in [0.1, 0.15) is 5.69 Å². The number of nitrogens with zero attached hydrogens (tertiary/aromatic N) is 5. The van der Waals surface area contributed by atoms with Gasteiger partial charge in [0.15, 0.2) is 0 Å². The summed E-state index contributed by atoms with van der Waals surface area (Å²) in [7, 11) is 1.63. The third-order valence-electron chi connectivity index (χ3n) is 4.42. The number of ether oxygens (including phenoxy) is 1. The molecule has 0 aliphatic rings. The smallest absolute Gasteiger partial charge is 0.262 e. The van der Waals surface area contributed by atoms with Crippen LogP contribution in [-0.2, 0) is 11.3 Å². The van der Waals surface area contributed by atoms with E-state index in [-0.39, 0.29) is 5.56 Å². The zero-order valence-electron chi connectivity index (χ0n) is 15.9. The van der Waals surface area contributed by atoms with Crippen molar-refractivity contribution in [1.29, 1.82) is 0 Å². The fraction of sp³-hybridized carbons (Fsp3) is 0.190. The average molecular weight is 388 g/mol. The molecule has 29 heavy (non-hydrogen) atoms. The summed E-state index contributed by atoms with van der Waals surface area (Å²) in [4.78, 5) is 26.3. The number of anilines is 1. The maximum atomic E-state index is 12.9. The summed E-state index contributed by atoms with van der Waals surface area (Å²) >= 11 is 0. The number of hydrogen-bond donors (Lipinski definition) is 1. The highest BCUT2D eigenvalue weighted by Crippen LogP contribution is 2.12.